The Morgan fingerprint density at radius 3 is 2.33 bits per heavy atom. The average Bonchev–Trinajstić information content (AvgIpc) is 3.00. The highest BCUT2D eigenvalue weighted by molar-refractivity contribution is 6.39. The van der Waals surface area contributed by atoms with Crippen molar-refractivity contribution in [1.29, 1.82) is 0 Å². The third-order valence-electron chi connectivity index (χ3n) is 6.22. The number of nitrogens with one attached hydrogen (secondary N) is 2. The molecule has 0 aliphatic carbocycles. The first-order valence-electron chi connectivity index (χ1n) is 12.9. The number of hydrogen-bond acceptors (Lipinski definition) is 6. The second-order valence-electron chi connectivity index (χ2n) is 9.22. The van der Waals surface area contributed by atoms with Crippen LogP contribution in [0.15, 0.2) is 103 Å². The van der Waals surface area contributed by atoms with Crippen molar-refractivity contribution in [2.75, 3.05) is 16.8 Å². The van der Waals surface area contributed by atoms with Crippen LogP contribution in [0, 0.1) is 0 Å². The van der Waals surface area contributed by atoms with E-state index in [9.17, 15) is 19.2 Å². The molecule has 0 aromatic heterocycles. The van der Waals surface area contributed by atoms with Crippen molar-refractivity contribution in [1.82, 2.24) is 5.32 Å². The Balaban J connectivity index is 1.32. The van der Waals surface area contributed by atoms with Gasteiger partial charge in [-0.05, 0) is 66.2 Å². The summed E-state index contributed by atoms with van der Waals surface area (Å²) in [5, 5.41) is 5.49. The number of halogens is 2. The maximum atomic E-state index is 13.4. The number of para-hydroxylation sites is 1. The van der Waals surface area contributed by atoms with Crippen molar-refractivity contribution < 1.29 is 28.7 Å². The van der Waals surface area contributed by atoms with Gasteiger partial charge in [-0.3, -0.25) is 19.7 Å². The fourth-order valence-electron chi connectivity index (χ4n) is 4.14. The Morgan fingerprint density at radius 2 is 1.58 bits per heavy atom. The summed E-state index contributed by atoms with van der Waals surface area (Å²) in [5.74, 6) is -1.52. The zero-order valence-corrected chi connectivity index (χ0v) is 23.9. The van der Waals surface area contributed by atoms with Crippen LogP contribution in [0.3, 0.4) is 0 Å². The fourth-order valence-corrected chi connectivity index (χ4v) is 4.50. The normalized spacial score (nSPS) is 14.0. The van der Waals surface area contributed by atoms with Gasteiger partial charge in [-0.1, -0.05) is 65.7 Å². The number of anilines is 2. The predicted molar refractivity (Wildman–Crippen MR) is 163 cm³/mol. The van der Waals surface area contributed by atoms with E-state index in [-0.39, 0.29) is 22.6 Å². The van der Waals surface area contributed by atoms with Crippen LogP contribution in [-0.2, 0) is 21.0 Å². The van der Waals surface area contributed by atoms with Crippen LogP contribution in [0.5, 0.6) is 11.5 Å². The molecule has 1 aliphatic heterocycles. The summed E-state index contributed by atoms with van der Waals surface area (Å²) in [4.78, 5) is 52.2. The molecule has 1 heterocycles. The Morgan fingerprint density at radius 1 is 0.860 bits per heavy atom. The molecule has 1 saturated heterocycles. The van der Waals surface area contributed by atoms with E-state index in [0.29, 0.717) is 28.1 Å². The lowest BCUT2D eigenvalue weighted by atomic mass is 10.1. The lowest BCUT2D eigenvalue weighted by molar-refractivity contribution is -0.122. The summed E-state index contributed by atoms with van der Waals surface area (Å²) >= 11 is 12.3. The molecule has 0 atom stereocenters. The van der Waals surface area contributed by atoms with Gasteiger partial charge in [-0.2, -0.15) is 0 Å². The molecule has 0 saturated carbocycles. The molecule has 216 valence electrons. The number of nitrogens with zero attached hydrogens (tertiary/aromatic N) is 1. The SMILES string of the molecule is O=C(COc1ccc(Cl)cc1/C=C1/C(=O)NC(=O)N(c2ccc(OCc3ccccc3)cc2)C1=O)Nc1ccccc1Cl. The van der Waals surface area contributed by atoms with Gasteiger partial charge in [0.15, 0.2) is 6.61 Å². The molecule has 11 heteroatoms. The van der Waals surface area contributed by atoms with E-state index < -0.39 is 30.4 Å². The molecule has 1 fully saturated rings. The first-order chi connectivity index (χ1) is 20.8. The van der Waals surface area contributed by atoms with Gasteiger partial charge in [0, 0.05) is 10.6 Å². The molecule has 0 unspecified atom stereocenters. The highest BCUT2D eigenvalue weighted by Crippen LogP contribution is 2.29. The Bertz CT molecular complexity index is 1730. The number of urea groups is 1. The summed E-state index contributed by atoms with van der Waals surface area (Å²) in [6.07, 6.45) is 1.25. The molecule has 0 spiro atoms. The van der Waals surface area contributed by atoms with Crippen LogP contribution < -0.4 is 25.0 Å². The Labute approximate surface area is 256 Å². The van der Waals surface area contributed by atoms with Gasteiger partial charge >= 0.3 is 6.03 Å². The molecule has 4 aromatic carbocycles. The average molecular weight is 616 g/mol. The number of imide groups is 2. The van der Waals surface area contributed by atoms with E-state index in [1.54, 1.807) is 36.4 Å². The molecule has 5 rings (SSSR count). The van der Waals surface area contributed by atoms with Crippen molar-refractivity contribution in [3.63, 3.8) is 0 Å². The molecule has 5 amide bonds. The Hall–Kier alpha value is -5.12. The van der Waals surface area contributed by atoms with Gasteiger partial charge in [0.05, 0.1) is 16.4 Å². The maximum absolute atomic E-state index is 13.4. The first kappa shape index (κ1) is 29.4. The van der Waals surface area contributed by atoms with Crippen LogP contribution in [0.25, 0.3) is 6.08 Å². The third-order valence-corrected chi connectivity index (χ3v) is 6.79. The number of ether oxygens (including phenoxy) is 2. The monoisotopic (exact) mass is 615 g/mol. The van der Waals surface area contributed by atoms with E-state index in [1.807, 2.05) is 30.3 Å². The summed E-state index contributed by atoms with van der Waals surface area (Å²) in [5.41, 5.74) is 1.54. The number of benzene rings is 4. The standard InChI is InChI=1S/C32H23Cl2N3O6/c33-22-10-15-28(43-19-29(38)35-27-9-5-4-8-26(27)34)21(16-22)17-25-30(39)36-32(41)37(31(25)40)23-11-13-24(14-12-23)42-18-20-6-2-1-3-7-20/h1-17H,18-19H2,(H,35,38)(H,36,39,41)/b25-17-. The van der Waals surface area contributed by atoms with E-state index in [1.165, 1.54) is 36.4 Å². The van der Waals surface area contributed by atoms with E-state index in [2.05, 4.69) is 10.6 Å². The van der Waals surface area contributed by atoms with Crippen molar-refractivity contribution in [3.05, 3.63) is 124 Å². The van der Waals surface area contributed by atoms with Crippen molar-refractivity contribution in [2.45, 2.75) is 6.61 Å². The van der Waals surface area contributed by atoms with Crippen LogP contribution in [0.2, 0.25) is 10.0 Å². The number of carbonyl (C=O) groups is 4. The first-order valence-corrected chi connectivity index (χ1v) is 13.7. The second kappa shape index (κ2) is 13.2. The molecule has 4 aromatic rings. The number of rotatable bonds is 9. The predicted octanol–water partition coefficient (Wildman–Crippen LogP) is 6.26. The van der Waals surface area contributed by atoms with Gasteiger partial charge in [-0.25, -0.2) is 9.69 Å². The molecular formula is C32H23Cl2N3O6. The molecule has 2 N–H and O–H groups in total. The second-order valence-corrected chi connectivity index (χ2v) is 10.1. The smallest absolute Gasteiger partial charge is 0.335 e. The van der Waals surface area contributed by atoms with Gasteiger partial charge in [-0.15, -0.1) is 0 Å². The van der Waals surface area contributed by atoms with Gasteiger partial charge in [0.25, 0.3) is 17.7 Å². The number of barbiturate groups is 1. The zero-order valence-electron chi connectivity index (χ0n) is 22.4. The van der Waals surface area contributed by atoms with E-state index in [0.717, 1.165) is 10.5 Å². The molecule has 0 bridgehead atoms. The summed E-state index contributed by atoms with van der Waals surface area (Å²) in [7, 11) is 0. The largest absolute Gasteiger partial charge is 0.489 e. The molecule has 1 aliphatic rings. The number of amides is 5. The van der Waals surface area contributed by atoms with Crippen molar-refractivity contribution in [2.24, 2.45) is 0 Å². The summed E-state index contributed by atoms with van der Waals surface area (Å²) in [6, 6.07) is 26.2. The van der Waals surface area contributed by atoms with Crippen LogP contribution in [0.1, 0.15) is 11.1 Å². The lowest BCUT2D eigenvalue weighted by Crippen LogP contribution is -2.54. The van der Waals surface area contributed by atoms with Crippen molar-refractivity contribution >= 4 is 64.4 Å². The molecule has 43 heavy (non-hydrogen) atoms. The number of carbonyl (C=O) groups excluding carboxylic acids is 4. The lowest BCUT2D eigenvalue weighted by Gasteiger charge is -2.26. The minimum absolute atomic E-state index is 0.176. The topological polar surface area (TPSA) is 114 Å². The highest BCUT2D eigenvalue weighted by atomic mass is 35.5. The minimum atomic E-state index is -0.899. The summed E-state index contributed by atoms with van der Waals surface area (Å²) < 4.78 is 11.5. The minimum Gasteiger partial charge on any atom is -0.489 e. The highest BCUT2D eigenvalue weighted by Gasteiger charge is 2.37. The van der Waals surface area contributed by atoms with Crippen LogP contribution in [-0.4, -0.2) is 30.4 Å². The van der Waals surface area contributed by atoms with Crippen LogP contribution in [0.4, 0.5) is 16.2 Å². The Kier molecular flexibility index (Phi) is 9.05. The zero-order chi connectivity index (χ0) is 30.3. The summed E-state index contributed by atoms with van der Waals surface area (Å²) in [6.45, 7) is -0.0527. The van der Waals surface area contributed by atoms with Crippen molar-refractivity contribution in [3.8, 4) is 11.5 Å². The third kappa shape index (κ3) is 7.21. The number of hydrogen-bond donors (Lipinski definition) is 2. The van der Waals surface area contributed by atoms with Gasteiger partial charge in [0.2, 0.25) is 0 Å². The molecular weight excluding hydrogens is 593 g/mol. The fraction of sp³-hybridized carbons (Fsp3) is 0.0625. The van der Waals surface area contributed by atoms with E-state index >= 15 is 0 Å². The van der Waals surface area contributed by atoms with Gasteiger partial charge in [0.1, 0.15) is 23.7 Å². The quantitative estimate of drug-likeness (QED) is 0.170. The maximum Gasteiger partial charge on any atom is 0.335 e. The van der Waals surface area contributed by atoms with Crippen LogP contribution >= 0.6 is 23.2 Å². The molecule has 0 radical (unpaired) electrons. The van der Waals surface area contributed by atoms with E-state index in [4.69, 9.17) is 32.7 Å². The van der Waals surface area contributed by atoms with Gasteiger partial charge < -0.3 is 14.8 Å². The molecule has 9 nitrogen and oxygen atoms in total.